The van der Waals surface area contributed by atoms with Crippen molar-refractivity contribution in [2.24, 2.45) is 5.41 Å². The van der Waals surface area contributed by atoms with Gasteiger partial charge in [-0.3, -0.25) is 4.79 Å². The molecule has 0 radical (unpaired) electrons. The quantitative estimate of drug-likeness (QED) is 0.171. The second-order valence-electron chi connectivity index (χ2n) is 7.38. The molecular formula is C37H20O8. The summed E-state index contributed by atoms with van der Waals surface area (Å²) < 4.78 is 20.5. The topological polar surface area (TPSA) is 105 Å². The number of carbonyl (C=O) groups excluding carboxylic acids is 4. The summed E-state index contributed by atoms with van der Waals surface area (Å²) in [7, 11) is 0. The Kier molecular flexibility index (Phi) is 21.4. The second kappa shape index (κ2) is 25.6. The summed E-state index contributed by atoms with van der Waals surface area (Å²) in [5.74, 6) is 53.1. The van der Waals surface area contributed by atoms with E-state index >= 15 is 0 Å². The van der Waals surface area contributed by atoms with Gasteiger partial charge in [-0.15, -0.1) is 0 Å². The molecule has 0 spiro atoms. The zero-order chi connectivity index (χ0) is 33.4. The minimum absolute atomic E-state index is 0.514. The van der Waals surface area contributed by atoms with Crippen molar-refractivity contribution in [1.82, 2.24) is 0 Å². The Bertz CT molecular complexity index is 1720. The lowest BCUT2D eigenvalue weighted by Crippen LogP contribution is -2.43. The minimum Gasteiger partial charge on any atom is -0.465 e. The Morgan fingerprint density at radius 1 is 0.400 bits per heavy atom. The summed E-state index contributed by atoms with van der Waals surface area (Å²) in [6.07, 6.45) is 0. The molecule has 0 saturated heterocycles. The molecule has 0 unspecified atom stereocenters. The van der Waals surface area contributed by atoms with Crippen molar-refractivity contribution in [3.05, 3.63) is 0 Å². The van der Waals surface area contributed by atoms with Gasteiger partial charge in [0.1, 0.15) is 31.8 Å². The number of ether oxygens (including phenoxy) is 4. The lowest BCUT2D eigenvalue weighted by Gasteiger charge is -2.30. The minimum atomic E-state index is -1.60. The highest BCUT2D eigenvalue weighted by molar-refractivity contribution is 5.90. The summed E-state index contributed by atoms with van der Waals surface area (Å²) >= 11 is 0. The molecule has 0 bridgehead atoms. The number of esters is 4. The maximum atomic E-state index is 12.2. The standard InChI is InChI=1S/C37H20O8/c1-5-8-11-14-17-20-23-26-34(39)43-30-37(29-42-33(4)38,31-44-35(40)27-24-21-18-15-12-9-6-2)32-45-36(41)28-25-22-19-16-13-10-7-3/h29-32H2,1-4H3. The van der Waals surface area contributed by atoms with E-state index in [2.05, 4.69) is 142 Å². The predicted molar refractivity (Wildman–Crippen MR) is 162 cm³/mol. The van der Waals surface area contributed by atoms with E-state index in [-0.39, 0.29) is 0 Å². The van der Waals surface area contributed by atoms with Gasteiger partial charge in [0.2, 0.25) is 0 Å². The third-order valence-electron chi connectivity index (χ3n) is 3.92. The molecule has 0 aliphatic rings. The van der Waals surface area contributed by atoms with Crippen LogP contribution in [0.15, 0.2) is 0 Å². The van der Waals surface area contributed by atoms with Crippen LogP contribution in [0.2, 0.25) is 0 Å². The lowest BCUT2D eigenvalue weighted by atomic mass is 9.92. The van der Waals surface area contributed by atoms with Crippen molar-refractivity contribution in [1.29, 1.82) is 0 Å². The van der Waals surface area contributed by atoms with Crippen LogP contribution in [0.5, 0.6) is 0 Å². The maximum Gasteiger partial charge on any atom is 0.385 e. The molecule has 0 N–H and O–H groups in total. The highest BCUT2D eigenvalue weighted by Crippen LogP contribution is 2.21. The second-order valence-corrected chi connectivity index (χ2v) is 7.38. The molecule has 0 aromatic heterocycles. The van der Waals surface area contributed by atoms with Crippen LogP contribution < -0.4 is 0 Å². The first-order chi connectivity index (χ1) is 21.8. The van der Waals surface area contributed by atoms with Crippen LogP contribution in [0.1, 0.15) is 27.7 Å². The Morgan fingerprint density at radius 2 is 0.644 bits per heavy atom. The average Bonchev–Trinajstić information content (AvgIpc) is 3.02. The fraction of sp³-hybridized carbons (Fsp3) is 0.243. The van der Waals surface area contributed by atoms with Crippen LogP contribution in [0, 0.1) is 148 Å². The molecule has 0 fully saturated rings. The number of carbonyl (C=O) groups is 4. The molecular weight excluding hydrogens is 572 g/mol. The summed E-state index contributed by atoms with van der Waals surface area (Å²) in [6, 6.07) is 0. The van der Waals surface area contributed by atoms with E-state index in [9.17, 15) is 19.2 Å². The van der Waals surface area contributed by atoms with Crippen LogP contribution in [0.3, 0.4) is 0 Å². The number of rotatable bonds is 8. The summed E-state index contributed by atoms with van der Waals surface area (Å²) in [4.78, 5) is 48.2. The molecule has 45 heavy (non-hydrogen) atoms. The van der Waals surface area contributed by atoms with Gasteiger partial charge in [0.05, 0.1) is 0 Å². The van der Waals surface area contributed by atoms with Crippen molar-refractivity contribution in [3.63, 3.8) is 0 Å². The van der Waals surface area contributed by atoms with Gasteiger partial charge in [-0.2, -0.15) is 0 Å². The highest BCUT2D eigenvalue weighted by Gasteiger charge is 2.37. The van der Waals surface area contributed by atoms with E-state index in [0.29, 0.717) is 0 Å². The summed E-state index contributed by atoms with van der Waals surface area (Å²) in [5, 5.41) is 0. The van der Waals surface area contributed by atoms with Crippen LogP contribution >= 0.6 is 0 Å². The van der Waals surface area contributed by atoms with Gasteiger partial charge in [0, 0.05) is 24.7 Å². The average molecular weight is 593 g/mol. The molecule has 0 aromatic rings. The molecule has 0 aliphatic carbocycles. The largest absolute Gasteiger partial charge is 0.465 e. The number of hydrogen-bond acceptors (Lipinski definition) is 8. The van der Waals surface area contributed by atoms with E-state index in [1.54, 1.807) is 20.8 Å². The van der Waals surface area contributed by atoms with Gasteiger partial charge in [-0.05, 0) is 127 Å². The molecule has 216 valence electrons. The molecule has 0 atom stereocenters. The predicted octanol–water partition coefficient (Wildman–Crippen LogP) is 0.266. The van der Waals surface area contributed by atoms with Gasteiger partial charge in [-0.25, -0.2) is 14.4 Å². The van der Waals surface area contributed by atoms with Gasteiger partial charge in [0.25, 0.3) is 0 Å². The third kappa shape index (κ3) is 23.0. The van der Waals surface area contributed by atoms with Gasteiger partial charge in [0.15, 0.2) is 0 Å². The van der Waals surface area contributed by atoms with E-state index in [1.165, 1.54) is 0 Å². The summed E-state index contributed by atoms with van der Waals surface area (Å²) in [5.41, 5.74) is -1.60. The molecule has 0 aliphatic heterocycles. The first-order valence-corrected chi connectivity index (χ1v) is 12.2. The van der Waals surface area contributed by atoms with E-state index in [4.69, 9.17) is 18.9 Å². The zero-order valence-corrected chi connectivity index (χ0v) is 24.6. The normalized spacial score (nSPS) is 7.02. The van der Waals surface area contributed by atoms with Crippen molar-refractivity contribution < 1.29 is 38.1 Å². The van der Waals surface area contributed by atoms with Crippen LogP contribution in [-0.2, 0) is 38.1 Å². The molecule has 0 heterocycles. The zero-order valence-electron chi connectivity index (χ0n) is 24.6. The van der Waals surface area contributed by atoms with Gasteiger partial charge < -0.3 is 18.9 Å². The first-order valence-electron chi connectivity index (χ1n) is 12.2. The lowest BCUT2D eigenvalue weighted by molar-refractivity contribution is -0.164. The fourth-order valence-corrected chi connectivity index (χ4v) is 2.08. The third-order valence-corrected chi connectivity index (χ3v) is 3.92. The molecule has 0 rings (SSSR count). The number of hydrogen-bond donors (Lipinski definition) is 0. The van der Waals surface area contributed by atoms with Crippen molar-refractivity contribution in [3.8, 4) is 142 Å². The van der Waals surface area contributed by atoms with Crippen molar-refractivity contribution >= 4 is 23.9 Å². The molecule has 0 saturated carbocycles. The van der Waals surface area contributed by atoms with E-state index < -0.39 is 55.7 Å². The highest BCUT2D eigenvalue weighted by atomic mass is 16.6. The Labute approximate surface area is 263 Å². The van der Waals surface area contributed by atoms with Crippen LogP contribution in [-0.4, -0.2) is 50.3 Å². The van der Waals surface area contributed by atoms with Gasteiger partial charge in [-0.1, -0.05) is 17.8 Å². The SMILES string of the molecule is CC#CC#CC#CC#CC(=O)OCC(COC(C)=O)(COC(=O)C#CC#CC#CC#CC)COC(=O)C#CC#CC#CC#CC. The Balaban J connectivity index is 6.00. The Morgan fingerprint density at radius 3 is 0.911 bits per heavy atom. The smallest absolute Gasteiger partial charge is 0.385 e. The van der Waals surface area contributed by atoms with Crippen molar-refractivity contribution in [2.75, 3.05) is 26.4 Å². The van der Waals surface area contributed by atoms with Crippen molar-refractivity contribution in [2.45, 2.75) is 27.7 Å². The summed E-state index contributed by atoms with van der Waals surface area (Å²) in [6.45, 7) is 3.66. The molecule has 8 heteroatoms. The van der Waals surface area contributed by atoms with E-state index in [1.807, 2.05) is 0 Å². The Hall–Kier alpha value is -7.40. The molecule has 0 amide bonds. The van der Waals surface area contributed by atoms with Crippen LogP contribution in [0.25, 0.3) is 0 Å². The maximum absolute atomic E-state index is 12.2. The molecule has 8 nitrogen and oxygen atoms in total. The van der Waals surface area contributed by atoms with Crippen LogP contribution in [0.4, 0.5) is 0 Å². The fourth-order valence-electron chi connectivity index (χ4n) is 2.08. The van der Waals surface area contributed by atoms with Gasteiger partial charge >= 0.3 is 23.9 Å². The monoisotopic (exact) mass is 592 g/mol. The van der Waals surface area contributed by atoms with E-state index in [0.717, 1.165) is 6.92 Å². The molecule has 0 aromatic carbocycles. The first kappa shape index (κ1) is 37.6.